The van der Waals surface area contributed by atoms with E-state index in [1.165, 1.54) is 0 Å². The second-order valence-corrected chi connectivity index (χ2v) is 6.29. The number of carbonyl (C=O) groups excluding carboxylic acids is 1. The Labute approximate surface area is 148 Å². The quantitative estimate of drug-likeness (QED) is 0.749. The van der Waals surface area contributed by atoms with E-state index < -0.39 is 0 Å². The van der Waals surface area contributed by atoms with Crippen molar-refractivity contribution in [1.82, 2.24) is 5.32 Å². The van der Waals surface area contributed by atoms with Crippen LogP contribution in [-0.2, 0) is 4.79 Å². The Balaban J connectivity index is 1.42. The Morgan fingerprint density at radius 3 is 2.70 bits per heavy atom. The molecular formula is C17H16INO4. The van der Waals surface area contributed by atoms with E-state index in [-0.39, 0.29) is 18.6 Å². The normalized spacial score (nSPS) is 15.8. The smallest absolute Gasteiger partial charge is 0.258 e. The first-order chi connectivity index (χ1) is 11.2. The zero-order valence-corrected chi connectivity index (χ0v) is 14.5. The molecule has 0 saturated heterocycles. The number of hydrogen-bond donors (Lipinski definition) is 1. The third kappa shape index (κ3) is 4.51. The predicted octanol–water partition coefficient (Wildman–Crippen LogP) is 2.63. The third-order valence-corrected chi connectivity index (χ3v) is 4.00. The topological polar surface area (TPSA) is 56.8 Å². The lowest BCUT2D eigenvalue weighted by Crippen LogP contribution is -2.42. The number of nitrogens with one attached hydrogen (secondary N) is 1. The van der Waals surface area contributed by atoms with Gasteiger partial charge in [0.2, 0.25) is 0 Å². The van der Waals surface area contributed by atoms with E-state index in [2.05, 4.69) is 27.9 Å². The number of benzene rings is 2. The summed E-state index contributed by atoms with van der Waals surface area (Å²) in [4.78, 5) is 11.8. The zero-order chi connectivity index (χ0) is 16.1. The predicted molar refractivity (Wildman–Crippen MR) is 94.0 cm³/mol. The van der Waals surface area contributed by atoms with Gasteiger partial charge >= 0.3 is 0 Å². The van der Waals surface area contributed by atoms with E-state index in [1.54, 1.807) is 0 Å². The van der Waals surface area contributed by atoms with Gasteiger partial charge in [-0.2, -0.15) is 0 Å². The fourth-order valence-electron chi connectivity index (χ4n) is 2.12. The molecule has 6 heteroatoms. The van der Waals surface area contributed by atoms with Gasteiger partial charge in [0.15, 0.2) is 18.1 Å². The van der Waals surface area contributed by atoms with E-state index in [0.717, 1.165) is 9.32 Å². The van der Waals surface area contributed by atoms with Crippen LogP contribution in [-0.4, -0.2) is 31.8 Å². The second kappa shape index (κ2) is 7.54. The highest BCUT2D eigenvalue weighted by atomic mass is 127. The highest BCUT2D eigenvalue weighted by Gasteiger charge is 2.20. The molecule has 1 unspecified atom stereocenters. The fraction of sp³-hybridized carbons (Fsp3) is 0.235. The van der Waals surface area contributed by atoms with Gasteiger partial charge in [0.25, 0.3) is 5.91 Å². The number of halogens is 1. The van der Waals surface area contributed by atoms with Gasteiger partial charge in [0.05, 0.1) is 6.54 Å². The van der Waals surface area contributed by atoms with Gasteiger partial charge in [-0.15, -0.1) is 0 Å². The number of fused-ring (bicyclic) bond motifs is 1. The largest absolute Gasteiger partial charge is 0.486 e. The molecule has 0 saturated carbocycles. The molecule has 2 aromatic rings. The summed E-state index contributed by atoms with van der Waals surface area (Å²) in [7, 11) is 0. The van der Waals surface area contributed by atoms with Gasteiger partial charge in [0.1, 0.15) is 18.5 Å². The maximum absolute atomic E-state index is 11.8. The van der Waals surface area contributed by atoms with Gasteiger partial charge in [-0.3, -0.25) is 4.79 Å². The Morgan fingerprint density at radius 1 is 1.17 bits per heavy atom. The van der Waals surface area contributed by atoms with Crippen molar-refractivity contribution >= 4 is 28.5 Å². The highest BCUT2D eigenvalue weighted by Crippen LogP contribution is 2.30. The zero-order valence-electron chi connectivity index (χ0n) is 12.3. The van der Waals surface area contributed by atoms with Crippen molar-refractivity contribution < 1.29 is 19.0 Å². The molecule has 3 rings (SSSR count). The molecule has 0 aliphatic carbocycles. The summed E-state index contributed by atoms with van der Waals surface area (Å²) in [5.41, 5.74) is 0. The van der Waals surface area contributed by atoms with E-state index in [4.69, 9.17) is 14.2 Å². The first-order valence-electron chi connectivity index (χ1n) is 7.24. The van der Waals surface area contributed by atoms with Gasteiger partial charge in [-0.1, -0.05) is 12.1 Å². The van der Waals surface area contributed by atoms with Crippen LogP contribution in [0.25, 0.3) is 0 Å². The van der Waals surface area contributed by atoms with Crippen molar-refractivity contribution in [3.8, 4) is 17.2 Å². The minimum absolute atomic E-state index is 0.0231. The molecule has 1 aliphatic heterocycles. The summed E-state index contributed by atoms with van der Waals surface area (Å²) in [5, 5.41) is 2.79. The van der Waals surface area contributed by atoms with E-state index in [0.29, 0.717) is 24.7 Å². The lowest BCUT2D eigenvalue weighted by atomic mass is 10.2. The summed E-state index contributed by atoms with van der Waals surface area (Å²) in [6, 6.07) is 15.0. The number of ether oxygens (including phenoxy) is 3. The molecule has 23 heavy (non-hydrogen) atoms. The van der Waals surface area contributed by atoms with Crippen LogP contribution >= 0.6 is 22.6 Å². The van der Waals surface area contributed by atoms with Crippen molar-refractivity contribution in [2.75, 3.05) is 19.8 Å². The monoisotopic (exact) mass is 425 g/mol. The molecule has 1 N–H and O–H groups in total. The molecule has 0 aromatic heterocycles. The molecule has 5 nitrogen and oxygen atoms in total. The average molecular weight is 425 g/mol. The van der Waals surface area contributed by atoms with Gasteiger partial charge in [-0.25, -0.2) is 0 Å². The molecule has 1 aliphatic rings. The van der Waals surface area contributed by atoms with Crippen LogP contribution in [0.2, 0.25) is 0 Å². The first kappa shape index (κ1) is 15.9. The van der Waals surface area contributed by atoms with Crippen LogP contribution < -0.4 is 19.5 Å². The average Bonchev–Trinajstić information content (AvgIpc) is 2.59. The summed E-state index contributed by atoms with van der Waals surface area (Å²) < 4.78 is 17.9. The Hall–Kier alpha value is -1.96. The van der Waals surface area contributed by atoms with E-state index >= 15 is 0 Å². The SMILES string of the molecule is O=C(COc1ccc(I)cc1)NCC1COc2ccccc2O1. The molecule has 0 fully saturated rings. The van der Waals surface area contributed by atoms with Crippen LogP contribution in [0.4, 0.5) is 0 Å². The van der Waals surface area contributed by atoms with E-state index in [1.807, 2.05) is 48.5 Å². The molecule has 0 spiro atoms. The van der Waals surface area contributed by atoms with Crippen molar-refractivity contribution in [2.24, 2.45) is 0 Å². The molecule has 0 radical (unpaired) electrons. The van der Waals surface area contributed by atoms with Crippen molar-refractivity contribution in [3.05, 3.63) is 52.1 Å². The third-order valence-electron chi connectivity index (χ3n) is 3.28. The summed E-state index contributed by atoms with van der Waals surface area (Å²) in [6.45, 7) is 0.767. The minimum atomic E-state index is -0.202. The van der Waals surface area contributed by atoms with Crippen LogP contribution in [0.3, 0.4) is 0 Å². The van der Waals surface area contributed by atoms with Gasteiger partial charge in [-0.05, 0) is 59.0 Å². The molecular weight excluding hydrogens is 409 g/mol. The summed E-state index contributed by atoms with van der Waals surface area (Å²) in [5.74, 6) is 1.92. The summed E-state index contributed by atoms with van der Waals surface area (Å²) in [6.07, 6.45) is -0.202. The first-order valence-corrected chi connectivity index (χ1v) is 8.32. The Kier molecular flexibility index (Phi) is 5.22. The fourth-order valence-corrected chi connectivity index (χ4v) is 2.48. The molecule has 0 bridgehead atoms. The highest BCUT2D eigenvalue weighted by molar-refractivity contribution is 14.1. The van der Waals surface area contributed by atoms with Crippen LogP contribution in [0.15, 0.2) is 48.5 Å². The minimum Gasteiger partial charge on any atom is -0.486 e. The lowest BCUT2D eigenvalue weighted by molar-refractivity contribution is -0.123. The maximum Gasteiger partial charge on any atom is 0.258 e. The molecule has 1 heterocycles. The number of amides is 1. The van der Waals surface area contributed by atoms with E-state index in [9.17, 15) is 4.79 Å². The summed E-state index contributed by atoms with van der Waals surface area (Å²) >= 11 is 2.22. The number of para-hydroxylation sites is 2. The van der Waals surface area contributed by atoms with Crippen LogP contribution in [0.1, 0.15) is 0 Å². The maximum atomic E-state index is 11.8. The van der Waals surface area contributed by atoms with Crippen LogP contribution in [0.5, 0.6) is 17.2 Å². The van der Waals surface area contributed by atoms with Crippen molar-refractivity contribution in [1.29, 1.82) is 0 Å². The molecule has 1 amide bonds. The van der Waals surface area contributed by atoms with Crippen LogP contribution in [0, 0.1) is 3.57 Å². The number of carbonyl (C=O) groups is 1. The Bertz CT molecular complexity index is 675. The molecule has 120 valence electrons. The number of rotatable bonds is 5. The standard InChI is InChI=1S/C17H16INO4/c18-12-5-7-13(8-6-12)21-11-17(20)19-9-14-10-22-15-3-1-2-4-16(15)23-14/h1-8,14H,9-11H2,(H,19,20). The van der Waals surface area contributed by atoms with Gasteiger partial charge < -0.3 is 19.5 Å². The number of hydrogen-bond acceptors (Lipinski definition) is 4. The van der Waals surface area contributed by atoms with Crippen molar-refractivity contribution in [2.45, 2.75) is 6.10 Å². The van der Waals surface area contributed by atoms with Gasteiger partial charge in [0, 0.05) is 3.57 Å². The second-order valence-electron chi connectivity index (χ2n) is 5.04. The molecule has 1 atom stereocenters. The van der Waals surface area contributed by atoms with Crippen molar-refractivity contribution in [3.63, 3.8) is 0 Å². The lowest BCUT2D eigenvalue weighted by Gasteiger charge is -2.26. The molecule has 2 aromatic carbocycles. The Morgan fingerprint density at radius 2 is 1.91 bits per heavy atom.